The van der Waals surface area contributed by atoms with Gasteiger partial charge in [-0.25, -0.2) is 9.37 Å². The van der Waals surface area contributed by atoms with Crippen LogP contribution >= 0.6 is 0 Å². The zero-order valence-electron chi connectivity index (χ0n) is 15.7. The number of carbonyl (C=O) groups is 1. The largest absolute Gasteiger partial charge is 0.293 e. The zero-order valence-corrected chi connectivity index (χ0v) is 15.7. The molecule has 140 valence electrons. The zero-order chi connectivity index (χ0) is 19.7. The maximum absolute atomic E-state index is 13.3. The maximum atomic E-state index is 13.3. The summed E-state index contributed by atoms with van der Waals surface area (Å²) in [6.45, 7) is 3.10. The predicted molar refractivity (Wildman–Crippen MR) is 106 cm³/mol. The van der Waals surface area contributed by atoms with Crippen LogP contribution in [0.2, 0.25) is 0 Å². The minimum absolute atomic E-state index is 0.0398. The monoisotopic (exact) mass is 373 g/mol. The quantitative estimate of drug-likeness (QED) is 0.620. The Morgan fingerprint density at radius 2 is 2.04 bits per heavy atom. The molecule has 4 rings (SSSR count). The highest BCUT2D eigenvalue weighted by atomic mass is 19.1. The molecule has 1 atom stereocenters. The molecule has 0 saturated carbocycles. The molecule has 4 nitrogen and oxygen atoms in total. The molecular weight excluding hydrogens is 353 g/mol. The van der Waals surface area contributed by atoms with E-state index in [-0.39, 0.29) is 17.6 Å². The number of likely N-dealkylation sites (tertiary alicyclic amines) is 1. The van der Waals surface area contributed by atoms with Crippen molar-refractivity contribution >= 4 is 16.7 Å². The summed E-state index contributed by atoms with van der Waals surface area (Å²) in [6, 6.07) is 16.4. The Kier molecular flexibility index (Phi) is 4.89. The molecule has 1 aliphatic heterocycles. The topological polar surface area (TPSA) is 57.0 Å². The first kappa shape index (κ1) is 18.3. The number of fused-ring (bicyclic) bond motifs is 1. The molecule has 1 aliphatic rings. The Labute approximate surface area is 163 Å². The third-order valence-electron chi connectivity index (χ3n) is 5.29. The lowest BCUT2D eigenvalue weighted by Gasteiger charge is -2.19. The highest BCUT2D eigenvalue weighted by Gasteiger charge is 2.24. The molecule has 1 aromatic heterocycles. The van der Waals surface area contributed by atoms with E-state index >= 15 is 0 Å². The fraction of sp³-hybridized carbons (Fsp3) is 0.261. The number of Topliss-reactive ketones (excluding diaryl/α,β-unsaturated/α-hetero) is 1. The molecular formula is C23H20FN3O. The predicted octanol–water partition coefficient (Wildman–Crippen LogP) is 4.73. The molecule has 0 aliphatic carbocycles. The number of hydrogen-bond donors (Lipinski definition) is 0. The van der Waals surface area contributed by atoms with Crippen molar-refractivity contribution in [1.82, 2.24) is 9.88 Å². The Hall–Kier alpha value is -3.10. The van der Waals surface area contributed by atoms with Crippen LogP contribution in [-0.4, -0.2) is 28.3 Å². The van der Waals surface area contributed by atoms with Crippen LogP contribution in [0.4, 0.5) is 4.39 Å². The van der Waals surface area contributed by atoms with Gasteiger partial charge in [-0.1, -0.05) is 24.3 Å². The van der Waals surface area contributed by atoms with Gasteiger partial charge in [0.2, 0.25) is 0 Å². The van der Waals surface area contributed by atoms with E-state index in [1.54, 1.807) is 18.2 Å². The second kappa shape index (κ2) is 7.49. The lowest BCUT2D eigenvalue weighted by atomic mass is 9.98. The highest BCUT2D eigenvalue weighted by molar-refractivity contribution is 6.01. The number of carbonyl (C=O) groups excluding carboxylic acids is 1. The van der Waals surface area contributed by atoms with Crippen molar-refractivity contribution < 1.29 is 9.18 Å². The van der Waals surface area contributed by atoms with Crippen LogP contribution in [0.15, 0.2) is 48.5 Å². The lowest BCUT2D eigenvalue weighted by molar-refractivity contribution is 0.101. The highest BCUT2D eigenvalue weighted by Crippen LogP contribution is 2.30. The Bertz CT molecular complexity index is 1090. The van der Waals surface area contributed by atoms with Crippen LogP contribution in [0.25, 0.3) is 22.0 Å². The van der Waals surface area contributed by atoms with E-state index < -0.39 is 0 Å². The second-order valence-electron chi connectivity index (χ2n) is 7.23. The average Bonchev–Trinajstić information content (AvgIpc) is 3.14. The van der Waals surface area contributed by atoms with Gasteiger partial charge in [-0.05, 0) is 60.3 Å². The summed E-state index contributed by atoms with van der Waals surface area (Å²) in [5.74, 6) is -0.409. The number of nitriles is 1. The standard InChI is InChI=1S/C23H20FN3O/c1-15(28)22-12-21(17-5-7-18(24)8-6-17)20-9-4-16(11-23(20)26-22)14-27-10-2-3-19(27)13-25/h4-9,11-12,19H,2-3,10,14H2,1H3/t19-/m0/s1. The molecule has 0 amide bonds. The Morgan fingerprint density at radius 1 is 1.25 bits per heavy atom. The van der Waals surface area contributed by atoms with E-state index in [2.05, 4.69) is 16.0 Å². The SMILES string of the molecule is CC(=O)c1cc(-c2ccc(F)cc2)c2ccc(CN3CCC[C@H]3C#N)cc2n1. The number of benzene rings is 2. The van der Waals surface area contributed by atoms with Crippen molar-refractivity contribution in [2.75, 3.05) is 6.54 Å². The number of halogens is 1. The van der Waals surface area contributed by atoms with E-state index in [0.29, 0.717) is 12.2 Å². The minimum atomic E-state index is -0.297. The van der Waals surface area contributed by atoms with Gasteiger partial charge in [-0.3, -0.25) is 9.69 Å². The van der Waals surface area contributed by atoms with Gasteiger partial charge in [0, 0.05) is 18.9 Å². The molecule has 0 N–H and O–H groups in total. The number of rotatable bonds is 4. The van der Waals surface area contributed by atoms with Crippen LogP contribution in [0, 0.1) is 17.1 Å². The number of nitrogens with zero attached hydrogens (tertiary/aromatic N) is 3. The fourth-order valence-electron chi connectivity index (χ4n) is 3.82. The van der Waals surface area contributed by atoms with Crippen molar-refractivity contribution in [3.8, 4) is 17.2 Å². The number of ketones is 1. The smallest absolute Gasteiger partial charge is 0.178 e. The van der Waals surface area contributed by atoms with Gasteiger partial charge < -0.3 is 0 Å². The van der Waals surface area contributed by atoms with Crippen LogP contribution < -0.4 is 0 Å². The van der Waals surface area contributed by atoms with Crippen molar-refractivity contribution in [1.29, 1.82) is 5.26 Å². The lowest BCUT2D eigenvalue weighted by Crippen LogP contribution is -2.27. The van der Waals surface area contributed by atoms with E-state index in [4.69, 9.17) is 0 Å². The molecule has 28 heavy (non-hydrogen) atoms. The van der Waals surface area contributed by atoms with Gasteiger partial charge >= 0.3 is 0 Å². The van der Waals surface area contributed by atoms with Crippen molar-refractivity contribution in [2.45, 2.75) is 32.4 Å². The number of pyridine rings is 1. The summed E-state index contributed by atoms with van der Waals surface area (Å²) in [7, 11) is 0. The summed E-state index contributed by atoms with van der Waals surface area (Å²) in [6.07, 6.45) is 1.94. The molecule has 2 aromatic carbocycles. The molecule has 3 aromatic rings. The summed E-state index contributed by atoms with van der Waals surface area (Å²) in [4.78, 5) is 18.7. The van der Waals surface area contributed by atoms with Gasteiger partial charge in [0.25, 0.3) is 0 Å². The first-order valence-corrected chi connectivity index (χ1v) is 9.39. The Morgan fingerprint density at radius 3 is 2.75 bits per heavy atom. The first-order valence-electron chi connectivity index (χ1n) is 9.39. The third-order valence-corrected chi connectivity index (χ3v) is 5.29. The molecule has 1 saturated heterocycles. The molecule has 0 radical (unpaired) electrons. The average molecular weight is 373 g/mol. The van der Waals surface area contributed by atoms with Crippen molar-refractivity contribution in [3.05, 3.63) is 65.6 Å². The molecule has 0 unspecified atom stereocenters. The van der Waals surface area contributed by atoms with Gasteiger partial charge in [0.1, 0.15) is 11.5 Å². The molecule has 2 heterocycles. The second-order valence-corrected chi connectivity index (χ2v) is 7.23. The Balaban J connectivity index is 1.79. The maximum Gasteiger partial charge on any atom is 0.178 e. The van der Waals surface area contributed by atoms with E-state index in [1.807, 2.05) is 18.2 Å². The van der Waals surface area contributed by atoms with E-state index in [9.17, 15) is 14.4 Å². The van der Waals surface area contributed by atoms with Gasteiger partial charge in [-0.15, -0.1) is 0 Å². The van der Waals surface area contributed by atoms with Crippen LogP contribution in [0.1, 0.15) is 35.8 Å². The van der Waals surface area contributed by atoms with Gasteiger partial charge in [-0.2, -0.15) is 5.26 Å². The summed E-state index contributed by atoms with van der Waals surface area (Å²) < 4.78 is 13.3. The van der Waals surface area contributed by atoms with Crippen molar-refractivity contribution in [2.24, 2.45) is 0 Å². The molecule has 5 heteroatoms. The summed E-state index contributed by atoms with van der Waals surface area (Å²) in [5, 5.41) is 10.2. The third kappa shape index (κ3) is 3.51. The fourth-order valence-corrected chi connectivity index (χ4v) is 3.82. The normalized spacial score (nSPS) is 17.0. The minimum Gasteiger partial charge on any atom is -0.293 e. The van der Waals surface area contributed by atoms with E-state index in [0.717, 1.165) is 47.0 Å². The molecule has 0 spiro atoms. The molecule has 1 fully saturated rings. The van der Waals surface area contributed by atoms with Crippen molar-refractivity contribution in [3.63, 3.8) is 0 Å². The van der Waals surface area contributed by atoms with Gasteiger partial charge in [0.15, 0.2) is 5.78 Å². The number of aromatic nitrogens is 1. The van der Waals surface area contributed by atoms with Crippen LogP contribution in [0.3, 0.4) is 0 Å². The summed E-state index contributed by atoms with van der Waals surface area (Å²) >= 11 is 0. The molecule has 0 bridgehead atoms. The number of hydrogen-bond acceptors (Lipinski definition) is 4. The van der Waals surface area contributed by atoms with Crippen LogP contribution in [0.5, 0.6) is 0 Å². The van der Waals surface area contributed by atoms with Gasteiger partial charge in [0.05, 0.1) is 17.6 Å². The van der Waals surface area contributed by atoms with Crippen LogP contribution in [-0.2, 0) is 6.54 Å². The summed E-state index contributed by atoms with van der Waals surface area (Å²) in [5.41, 5.74) is 3.89. The van der Waals surface area contributed by atoms with E-state index in [1.165, 1.54) is 19.1 Å². The first-order chi connectivity index (χ1) is 13.5.